The van der Waals surface area contributed by atoms with E-state index in [2.05, 4.69) is 20.7 Å². The van der Waals surface area contributed by atoms with E-state index in [1.165, 1.54) is 19.1 Å². The molecule has 1 rings (SSSR count). The molecule has 0 saturated heterocycles. The average Bonchev–Trinajstić information content (AvgIpc) is 2.29. The molecular formula is C11H11BrO5. The van der Waals surface area contributed by atoms with Crippen LogP contribution in [0.15, 0.2) is 28.7 Å². The summed E-state index contributed by atoms with van der Waals surface area (Å²) in [5.74, 6) is -5.65. The van der Waals surface area contributed by atoms with Gasteiger partial charge in [-0.15, -0.1) is 0 Å². The smallest absolute Gasteiger partial charge is 0.375 e. The Labute approximate surface area is 106 Å². The van der Waals surface area contributed by atoms with Gasteiger partial charge in [-0.25, -0.2) is 4.79 Å². The molecule has 0 heterocycles. The second-order valence-corrected chi connectivity index (χ2v) is 4.14. The number of hydrogen-bond donors (Lipinski definition) is 2. The number of Topliss-reactive ketones (excluding diaryl/α,β-unsaturated/α-hetero) is 1. The van der Waals surface area contributed by atoms with Crippen LogP contribution in [-0.4, -0.2) is 34.4 Å². The van der Waals surface area contributed by atoms with Crippen LogP contribution in [-0.2, 0) is 9.53 Å². The van der Waals surface area contributed by atoms with E-state index in [-0.39, 0.29) is 12.2 Å². The monoisotopic (exact) mass is 302 g/mol. The van der Waals surface area contributed by atoms with Crippen molar-refractivity contribution in [3.8, 4) is 0 Å². The van der Waals surface area contributed by atoms with Crippen molar-refractivity contribution in [2.75, 3.05) is 6.61 Å². The zero-order valence-corrected chi connectivity index (χ0v) is 10.6. The molecule has 92 valence electrons. The molecule has 5 nitrogen and oxygen atoms in total. The predicted octanol–water partition coefficient (Wildman–Crippen LogP) is 0.876. The lowest BCUT2D eigenvalue weighted by Gasteiger charge is -2.17. The van der Waals surface area contributed by atoms with Crippen LogP contribution >= 0.6 is 15.9 Å². The first-order chi connectivity index (χ1) is 7.89. The summed E-state index contributed by atoms with van der Waals surface area (Å²) in [7, 11) is 0. The number of carbonyl (C=O) groups is 2. The van der Waals surface area contributed by atoms with Gasteiger partial charge in [-0.2, -0.15) is 0 Å². The van der Waals surface area contributed by atoms with Crippen molar-refractivity contribution in [2.24, 2.45) is 0 Å². The van der Waals surface area contributed by atoms with Gasteiger partial charge in [0.25, 0.3) is 0 Å². The fourth-order valence-corrected chi connectivity index (χ4v) is 1.39. The minimum atomic E-state index is -3.15. The Bertz CT molecular complexity index is 424. The molecule has 17 heavy (non-hydrogen) atoms. The lowest BCUT2D eigenvalue weighted by Crippen LogP contribution is -2.47. The van der Waals surface area contributed by atoms with Crippen molar-refractivity contribution >= 4 is 27.7 Å². The number of aliphatic hydroxyl groups is 2. The van der Waals surface area contributed by atoms with Crippen molar-refractivity contribution in [1.82, 2.24) is 0 Å². The molecule has 0 aromatic heterocycles. The maximum atomic E-state index is 11.7. The van der Waals surface area contributed by atoms with Gasteiger partial charge in [-0.1, -0.05) is 28.1 Å². The minimum absolute atomic E-state index is 0.00579. The summed E-state index contributed by atoms with van der Waals surface area (Å²) >= 11 is 3.17. The van der Waals surface area contributed by atoms with Gasteiger partial charge in [-0.05, 0) is 19.1 Å². The number of halogens is 1. The summed E-state index contributed by atoms with van der Waals surface area (Å²) in [5, 5.41) is 18.9. The number of benzene rings is 1. The van der Waals surface area contributed by atoms with Crippen LogP contribution in [0.2, 0.25) is 0 Å². The molecule has 0 aliphatic rings. The lowest BCUT2D eigenvalue weighted by molar-refractivity contribution is -0.191. The average molecular weight is 303 g/mol. The second-order valence-electron chi connectivity index (χ2n) is 3.23. The van der Waals surface area contributed by atoms with Gasteiger partial charge in [-0.3, -0.25) is 4.79 Å². The van der Waals surface area contributed by atoms with E-state index in [0.717, 1.165) is 4.47 Å². The van der Waals surface area contributed by atoms with Gasteiger partial charge >= 0.3 is 11.8 Å². The van der Waals surface area contributed by atoms with Crippen molar-refractivity contribution in [1.29, 1.82) is 0 Å². The van der Waals surface area contributed by atoms with E-state index in [1.54, 1.807) is 12.1 Å². The maximum absolute atomic E-state index is 11.7. The molecule has 0 radical (unpaired) electrons. The van der Waals surface area contributed by atoms with Gasteiger partial charge in [0.1, 0.15) is 0 Å². The Morgan fingerprint density at radius 1 is 1.29 bits per heavy atom. The first-order valence-corrected chi connectivity index (χ1v) is 5.61. The van der Waals surface area contributed by atoms with Gasteiger partial charge in [0.05, 0.1) is 6.61 Å². The first-order valence-electron chi connectivity index (χ1n) is 4.82. The summed E-state index contributed by atoms with van der Waals surface area (Å²) in [6.45, 7) is 1.45. The summed E-state index contributed by atoms with van der Waals surface area (Å²) in [5.41, 5.74) is 0.00579. The minimum Gasteiger partial charge on any atom is -0.462 e. The summed E-state index contributed by atoms with van der Waals surface area (Å²) in [4.78, 5) is 22.9. The quantitative estimate of drug-likeness (QED) is 0.373. The number of esters is 1. The summed E-state index contributed by atoms with van der Waals surface area (Å²) in [6.07, 6.45) is 0. The highest BCUT2D eigenvalue weighted by molar-refractivity contribution is 9.10. The molecule has 0 spiro atoms. The van der Waals surface area contributed by atoms with E-state index in [4.69, 9.17) is 0 Å². The van der Waals surface area contributed by atoms with Gasteiger partial charge < -0.3 is 14.9 Å². The van der Waals surface area contributed by atoms with Crippen molar-refractivity contribution in [3.63, 3.8) is 0 Å². The van der Waals surface area contributed by atoms with Crippen LogP contribution in [0, 0.1) is 0 Å². The van der Waals surface area contributed by atoms with Crippen molar-refractivity contribution < 1.29 is 24.5 Å². The Morgan fingerprint density at radius 3 is 2.29 bits per heavy atom. The first kappa shape index (κ1) is 13.8. The molecule has 0 amide bonds. The largest absolute Gasteiger partial charge is 0.462 e. The molecule has 0 saturated carbocycles. The van der Waals surface area contributed by atoms with E-state index >= 15 is 0 Å². The van der Waals surface area contributed by atoms with Crippen LogP contribution in [0.25, 0.3) is 0 Å². The Kier molecular flexibility index (Phi) is 4.39. The van der Waals surface area contributed by atoms with Crippen molar-refractivity contribution in [2.45, 2.75) is 12.7 Å². The van der Waals surface area contributed by atoms with Crippen LogP contribution in [0.5, 0.6) is 0 Å². The molecular weight excluding hydrogens is 292 g/mol. The fraction of sp³-hybridized carbons (Fsp3) is 0.273. The van der Waals surface area contributed by atoms with E-state index in [1.807, 2.05) is 0 Å². The lowest BCUT2D eigenvalue weighted by atomic mass is 10.0. The topological polar surface area (TPSA) is 83.8 Å². The van der Waals surface area contributed by atoms with Crippen LogP contribution in [0.3, 0.4) is 0 Å². The predicted molar refractivity (Wildman–Crippen MR) is 62.3 cm³/mol. The summed E-state index contributed by atoms with van der Waals surface area (Å²) < 4.78 is 5.13. The summed E-state index contributed by atoms with van der Waals surface area (Å²) in [6, 6.07) is 5.84. The highest BCUT2D eigenvalue weighted by atomic mass is 79.9. The third kappa shape index (κ3) is 3.12. The molecule has 0 atom stereocenters. The normalized spacial score (nSPS) is 11.1. The Hall–Kier alpha value is -1.24. The van der Waals surface area contributed by atoms with Gasteiger partial charge in [0.2, 0.25) is 5.78 Å². The Balaban J connectivity index is 2.95. The Morgan fingerprint density at radius 2 is 1.82 bits per heavy atom. The molecule has 1 aromatic carbocycles. The molecule has 0 aliphatic heterocycles. The highest BCUT2D eigenvalue weighted by Gasteiger charge is 2.44. The number of ketones is 1. The maximum Gasteiger partial charge on any atom is 0.375 e. The van der Waals surface area contributed by atoms with Crippen LogP contribution in [0.1, 0.15) is 17.3 Å². The molecule has 0 aliphatic carbocycles. The number of carbonyl (C=O) groups excluding carboxylic acids is 2. The standard InChI is InChI=1S/C11H11BrO5/c1-2-17-10(14)11(15,16)9(13)7-3-5-8(12)6-4-7/h3-6,15-16H,2H2,1H3. The van der Waals surface area contributed by atoms with E-state index in [9.17, 15) is 19.8 Å². The zero-order valence-electron chi connectivity index (χ0n) is 9.01. The molecule has 2 N–H and O–H groups in total. The number of hydrogen-bond acceptors (Lipinski definition) is 5. The van der Waals surface area contributed by atoms with Crippen LogP contribution in [0.4, 0.5) is 0 Å². The fourth-order valence-electron chi connectivity index (χ4n) is 1.13. The molecule has 6 heteroatoms. The number of rotatable bonds is 4. The molecule has 0 fully saturated rings. The second kappa shape index (κ2) is 5.39. The van der Waals surface area contributed by atoms with E-state index < -0.39 is 17.5 Å². The molecule has 0 unspecified atom stereocenters. The van der Waals surface area contributed by atoms with Crippen molar-refractivity contribution in [3.05, 3.63) is 34.3 Å². The number of ether oxygens (including phenoxy) is 1. The van der Waals surface area contributed by atoms with Crippen LogP contribution < -0.4 is 0 Å². The van der Waals surface area contributed by atoms with E-state index in [0.29, 0.717) is 0 Å². The third-order valence-corrected chi connectivity index (χ3v) is 2.51. The zero-order chi connectivity index (χ0) is 13.1. The third-order valence-electron chi connectivity index (χ3n) is 1.98. The molecule has 1 aromatic rings. The SMILES string of the molecule is CCOC(=O)C(O)(O)C(=O)c1ccc(Br)cc1. The molecule has 0 bridgehead atoms. The van der Waals surface area contributed by atoms with Gasteiger partial charge in [0, 0.05) is 10.0 Å². The highest BCUT2D eigenvalue weighted by Crippen LogP contribution is 2.16. The van der Waals surface area contributed by atoms with Gasteiger partial charge in [0.15, 0.2) is 0 Å².